The Morgan fingerprint density at radius 2 is 2.13 bits per heavy atom. The summed E-state index contributed by atoms with van der Waals surface area (Å²) in [6.07, 6.45) is 2.79. The average molecular weight is 506 g/mol. The van der Waals surface area contributed by atoms with E-state index in [-0.39, 0.29) is 34.5 Å². The molecule has 0 saturated carbocycles. The third-order valence-electron chi connectivity index (χ3n) is 4.26. The van der Waals surface area contributed by atoms with Crippen LogP contribution in [0.1, 0.15) is 31.2 Å². The summed E-state index contributed by atoms with van der Waals surface area (Å²) in [5.74, 6) is 0.314. The fourth-order valence-electron chi connectivity index (χ4n) is 2.87. The number of nitro benzene ring substituents is 1. The molecule has 160 valence electrons. The van der Waals surface area contributed by atoms with E-state index in [0.29, 0.717) is 22.3 Å². The van der Waals surface area contributed by atoms with Crippen LogP contribution >= 0.6 is 27.5 Å². The first kappa shape index (κ1) is 22.6. The van der Waals surface area contributed by atoms with E-state index in [4.69, 9.17) is 16.3 Å². The molecule has 0 aliphatic carbocycles. The molecular weight excluding hydrogens is 488 g/mol. The van der Waals surface area contributed by atoms with E-state index >= 15 is 0 Å². The molecule has 2 aromatic carbocycles. The molecule has 0 unspecified atom stereocenters. The minimum atomic E-state index is -0.595. The molecule has 0 aliphatic rings. The molecule has 0 spiro atoms. The molecule has 31 heavy (non-hydrogen) atoms. The van der Waals surface area contributed by atoms with Crippen molar-refractivity contribution in [3.05, 3.63) is 84.3 Å². The number of fused-ring (bicyclic) bond motifs is 1. The Hall–Kier alpha value is -3.04. The van der Waals surface area contributed by atoms with Gasteiger partial charge in [0.15, 0.2) is 0 Å². The number of rotatable bonds is 7. The van der Waals surface area contributed by atoms with Crippen molar-refractivity contribution >= 4 is 50.3 Å². The zero-order valence-corrected chi connectivity index (χ0v) is 19.1. The van der Waals surface area contributed by atoms with Crippen LogP contribution in [0.4, 0.5) is 5.69 Å². The number of nitrogens with zero attached hydrogens (tertiary/aromatic N) is 4. The highest BCUT2D eigenvalue weighted by molar-refractivity contribution is 9.10. The first-order valence-corrected chi connectivity index (χ1v) is 10.4. The quantitative estimate of drug-likeness (QED) is 0.188. The monoisotopic (exact) mass is 504 g/mol. The number of hydrogen-bond acceptors (Lipinski definition) is 6. The normalized spacial score (nSPS) is 11.4. The smallest absolute Gasteiger partial charge is 0.313 e. The van der Waals surface area contributed by atoms with Crippen LogP contribution in [0.5, 0.6) is 5.75 Å². The van der Waals surface area contributed by atoms with Crippen molar-refractivity contribution in [1.82, 2.24) is 9.66 Å². The molecule has 0 saturated heterocycles. The summed E-state index contributed by atoms with van der Waals surface area (Å²) in [7, 11) is 0. The molecule has 0 aliphatic heterocycles. The maximum absolute atomic E-state index is 13.1. The van der Waals surface area contributed by atoms with Crippen LogP contribution in [0, 0.1) is 10.1 Å². The van der Waals surface area contributed by atoms with Gasteiger partial charge in [0.25, 0.3) is 5.56 Å². The molecule has 0 radical (unpaired) electrons. The second-order valence-electron chi connectivity index (χ2n) is 6.86. The van der Waals surface area contributed by atoms with Gasteiger partial charge in [-0.1, -0.05) is 54.0 Å². The molecule has 3 aromatic rings. The van der Waals surface area contributed by atoms with Crippen LogP contribution < -0.4 is 10.3 Å². The van der Waals surface area contributed by atoms with Crippen LogP contribution in [0.2, 0.25) is 5.02 Å². The molecule has 1 aromatic heterocycles. The van der Waals surface area contributed by atoms with E-state index in [1.54, 1.807) is 12.1 Å². The zero-order chi connectivity index (χ0) is 22.7. The molecule has 1 heterocycles. The maximum atomic E-state index is 13.1. The summed E-state index contributed by atoms with van der Waals surface area (Å²) < 4.78 is 7.26. The number of nitro groups is 1. The summed E-state index contributed by atoms with van der Waals surface area (Å²) in [5.41, 5.74) is 0.231. The second-order valence-corrected chi connectivity index (χ2v) is 8.18. The summed E-state index contributed by atoms with van der Waals surface area (Å²) >= 11 is 9.55. The molecule has 0 N–H and O–H groups in total. The van der Waals surface area contributed by atoms with E-state index < -0.39 is 4.92 Å². The Labute approximate surface area is 191 Å². The van der Waals surface area contributed by atoms with Gasteiger partial charge in [0, 0.05) is 22.0 Å². The molecule has 0 atom stereocenters. The SMILES string of the molecule is C=CCOc1c(Cl)cc(C=Nn2c(C(C)C)nc3ccc(Br)cc3c2=O)cc1[N+](=O)[O-]. The number of hydrogen-bond donors (Lipinski definition) is 0. The first-order chi connectivity index (χ1) is 14.7. The highest BCUT2D eigenvalue weighted by Gasteiger charge is 2.20. The van der Waals surface area contributed by atoms with Crippen molar-refractivity contribution in [2.24, 2.45) is 5.10 Å². The van der Waals surface area contributed by atoms with Gasteiger partial charge in [0.1, 0.15) is 12.4 Å². The van der Waals surface area contributed by atoms with E-state index in [1.165, 1.54) is 29.1 Å². The molecule has 0 bridgehead atoms. The lowest BCUT2D eigenvalue weighted by Crippen LogP contribution is -2.23. The van der Waals surface area contributed by atoms with Crippen molar-refractivity contribution in [3.63, 3.8) is 0 Å². The predicted molar refractivity (Wildman–Crippen MR) is 125 cm³/mol. The highest BCUT2D eigenvalue weighted by atomic mass is 79.9. The number of halogens is 2. The van der Waals surface area contributed by atoms with Crippen LogP contribution in [0.25, 0.3) is 10.9 Å². The lowest BCUT2D eigenvalue weighted by molar-refractivity contribution is -0.385. The van der Waals surface area contributed by atoms with E-state index in [1.807, 2.05) is 19.9 Å². The van der Waals surface area contributed by atoms with Crippen LogP contribution in [0.15, 0.2) is 57.4 Å². The van der Waals surface area contributed by atoms with Gasteiger partial charge >= 0.3 is 5.69 Å². The van der Waals surface area contributed by atoms with Gasteiger partial charge in [0.2, 0.25) is 5.75 Å². The van der Waals surface area contributed by atoms with Gasteiger partial charge in [-0.15, -0.1) is 0 Å². The summed E-state index contributed by atoms with van der Waals surface area (Å²) in [4.78, 5) is 28.5. The summed E-state index contributed by atoms with van der Waals surface area (Å²) in [5, 5.41) is 16.2. The van der Waals surface area contributed by atoms with Crippen molar-refractivity contribution in [2.75, 3.05) is 6.61 Å². The van der Waals surface area contributed by atoms with Crippen molar-refractivity contribution in [3.8, 4) is 5.75 Å². The lowest BCUT2D eigenvalue weighted by atomic mass is 10.2. The lowest BCUT2D eigenvalue weighted by Gasteiger charge is -2.12. The van der Waals surface area contributed by atoms with Crippen LogP contribution in [0.3, 0.4) is 0 Å². The minimum Gasteiger partial charge on any atom is -0.482 e. The molecule has 3 rings (SSSR count). The topological polar surface area (TPSA) is 99.6 Å². The van der Waals surface area contributed by atoms with Gasteiger partial charge in [-0.25, -0.2) is 4.98 Å². The number of benzene rings is 2. The van der Waals surface area contributed by atoms with Crippen molar-refractivity contribution in [2.45, 2.75) is 19.8 Å². The van der Waals surface area contributed by atoms with Gasteiger partial charge in [0.05, 0.1) is 27.1 Å². The Morgan fingerprint density at radius 3 is 2.77 bits per heavy atom. The third-order valence-corrected chi connectivity index (χ3v) is 5.03. The Balaban J connectivity index is 2.14. The van der Waals surface area contributed by atoms with Crippen molar-refractivity contribution < 1.29 is 9.66 Å². The minimum absolute atomic E-state index is 0.0505. The number of aromatic nitrogens is 2. The zero-order valence-electron chi connectivity index (χ0n) is 16.7. The molecule has 0 fully saturated rings. The second kappa shape index (κ2) is 9.40. The molecule has 10 heteroatoms. The first-order valence-electron chi connectivity index (χ1n) is 9.21. The Bertz CT molecular complexity index is 1270. The van der Waals surface area contributed by atoms with Crippen LogP contribution in [-0.2, 0) is 0 Å². The van der Waals surface area contributed by atoms with E-state index in [9.17, 15) is 14.9 Å². The summed E-state index contributed by atoms with van der Waals surface area (Å²) in [6.45, 7) is 7.38. The van der Waals surface area contributed by atoms with Gasteiger partial charge in [-0.05, 0) is 24.3 Å². The largest absolute Gasteiger partial charge is 0.482 e. The van der Waals surface area contributed by atoms with E-state index in [0.717, 1.165) is 4.47 Å². The Kier molecular flexibility index (Phi) is 6.87. The van der Waals surface area contributed by atoms with Crippen LogP contribution in [-0.4, -0.2) is 27.4 Å². The fraction of sp³-hybridized carbons (Fsp3) is 0.190. The number of ether oxygens (including phenoxy) is 1. The fourth-order valence-corrected chi connectivity index (χ4v) is 3.51. The third kappa shape index (κ3) is 4.83. The average Bonchev–Trinajstić information content (AvgIpc) is 2.72. The van der Waals surface area contributed by atoms with Gasteiger partial charge in [-0.2, -0.15) is 9.78 Å². The molecule has 8 nitrogen and oxygen atoms in total. The van der Waals surface area contributed by atoms with Gasteiger partial charge in [-0.3, -0.25) is 14.9 Å². The predicted octanol–water partition coefficient (Wildman–Crippen LogP) is 5.29. The maximum Gasteiger partial charge on any atom is 0.313 e. The molecular formula is C21H18BrClN4O4. The molecule has 0 amide bonds. The summed E-state index contributed by atoms with van der Waals surface area (Å²) in [6, 6.07) is 7.99. The highest BCUT2D eigenvalue weighted by Crippen LogP contribution is 2.35. The van der Waals surface area contributed by atoms with Crippen molar-refractivity contribution in [1.29, 1.82) is 0 Å². The van der Waals surface area contributed by atoms with Gasteiger partial charge < -0.3 is 4.74 Å². The van der Waals surface area contributed by atoms with E-state index in [2.05, 4.69) is 32.6 Å². The standard InChI is InChI=1S/C21H18BrClN4O4/c1-4-7-31-19-16(23)8-13(9-18(19)27(29)30)11-24-26-20(12(2)3)25-17-6-5-14(22)10-15(17)21(26)28/h4-6,8-12H,1,7H2,2-3H3. The Morgan fingerprint density at radius 1 is 1.39 bits per heavy atom.